The van der Waals surface area contributed by atoms with Crippen LogP contribution in [0.4, 0.5) is 0 Å². The molecule has 0 bridgehead atoms. The number of rotatable bonds is 8. The Balaban J connectivity index is 1.79. The third-order valence-corrected chi connectivity index (χ3v) is 4.09. The van der Waals surface area contributed by atoms with E-state index < -0.39 is 0 Å². The summed E-state index contributed by atoms with van der Waals surface area (Å²) < 4.78 is 18.5. The Morgan fingerprint density at radius 1 is 1.04 bits per heavy atom. The lowest BCUT2D eigenvalue weighted by Crippen LogP contribution is -2.04. The first-order valence-corrected chi connectivity index (χ1v) is 8.14. The number of benzene rings is 2. The molecule has 0 atom stereocenters. The second-order valence-corrected chi connectivity index (χ2v) is 5.63. The smallest absolute Gasteiger partial charge is 0.152 e. The molecule has 130 valence electrons. The van der Waals surface area contributed by atoms with E-state index in [2.05, 4.69) is 0 Å². The number of aldehydes is 1. The molecule has 0 saturated carbocycles. The summed E-state index contributed by atoms with van der Waals surface area (Å²) in [6, 6.07) is 13.4. The van der Waals surface area contributed by atoms with E-state index in [1.54, 1.807) is 20.3 Å². The summed E-state index contributed by atoms with van der Waals surface area (Å²) in [6.45, 7) is 1.33. The highest BCUT2D eigenvalue weighted by Gasteiger charge is 2.15. The second-order valence-electron chi connectivity index (χ2n) is 5.63. The van der Waals surface area contributed by atoms with Crippen molar-refractivity contribution in [3.63, 3.8) is 0 Å². The number of hydrogen-bond donors (Lipinski definition) is 0. The molecule has 2 aromatic carbocycles. The predicted molar refractivity (Wildman–Crippen MR) is 97.0 cm³/mol. The van der Waals surface area contributed by atoms with Crippen LogP contribution in [-0.2, 0) is 6.54 Å². The molecule has 0 saturated heterocycles. The molecular weight excluding hydrogens is 318 g/mol. The van der Waals surface area contributed by atoms with Crippen molar-refractivity contribution in [3.8, 4) is 17.2 Å². The maximum Gasteiger partial charge on any atom is 0.152 e. The average molecular weight is 339 g/mol. The highest BCUT2D eigenvalue weighted by atomic mass is 16.5. The molecule has 0 N–H and O–H groups in total. The zero-order valence-electron chi connectivity index (χ0n) is 14.4. The highest BCUT2D eigenvalue weighted by molar-refractivity contribution is 6.02. The molecular formula is C20H21NO4. The Hall–Kier alpha value is -2.95. The second kappa shape index (κ2) is 7.75. The van der Waals surface area contributed by atoms with Crippen molar-refractivity contribution >= 4 is 17.2 Å². The van der Waals surface area contributed by atoms with E-state index in [0.29, 0.717) is 23.7 Å². The number of ether oxygens (including phenoxy) is 3. The summed E-state index contributed by atoms with van der Waals surface area (Å²) in [5.41, 5.74) is 1.52. The summed E-state index contributed by atoms with van der Waals surface area (Å²) in [6.07, 6.45) is 3.52. The maximum absolute atomic E-state index is 11.4. The fourth-order valence-electron chi connectivity index (χ4n) is 2.89. The van der Waals surface area contributed by atoms with Gasteiger partial charge in [-0.05, 0) is 18.6 Å². The van der Waals surface area contributed by atoms with Gasteiger partial charge in [-0.1, -0.05) is 18.2 Å². The van der Waals surface area contributed by atoms with E-state index in [-0.39, 0.29) is 0 Å². The van der Waals surface area contributed by atoms with Gasteiger partial charge in [0, 0.05) is 30.4 Å². The maximum atomic E-state index is 11.4. The molecule has 5 heteroatoms. The number of carbonyl (C=O) groups excluding carboxylic acids is 1. The molecule has 0 amide bonds. The van der Waals surface area contributed by atoms with E-state index in [0.717, 1.165) is 35.9 Å². The fourth-order valence-corrected chi connectivity index (χ4v) is 2.89. The van der Waals surface area contributed by atoms with E-state index in [1.165, 1.54) is 0 Å². The molecule has 5 nitrogen and oxygen atoms in total. The number of aryl methyl sites for hydroxylation is 1. The van der Waals surface area contributed by atoms with Crippen LogP contribution < -0.4 is 14.2 Å². The van der Waals surface area contributed by atoms with Gasteiger partial charge >= 0.3 is 0 Å². The average Bonchev–Trinajstić information content (AvgIpc) is 3.03. The van der Waals surface area contributed by atoms with E-state index in [1.807, 2.05) is 47.2 Å². The van der Waals surface area contributed by atoms with Crippen molar-refractivity contribution in [2.75, 3.05) is 20.8 Å². The number of carbonyl (C=O) groups is 1. The van der Waals surface area contributed by atoms with Crippen molar-refractivity contribution in [2.45, 2.75) is 13.0 Å². The van der Waals surface area contributed by atoms with E-state index >= 15 is 0 Å². The minimum Gasteiger partial charge on any atom is -0.497 e. The molecule has 1 heterocycles. The van der Waals surface area contributed by atoms with Gasteiger partial charge in [0.15, 0.2) is 6.29 Å². The minimum atomic E-state index is 0.598. The lowest BCUT2D eigenvalue weighted by atomic mass is 10.1. The van der Waals surface area contributed by atoms with Crippen molar-refractivity contribution in [1.82, 2.24) is 4.57 Å². The van der Waals surface area contributed by atoms with Crippen LogP contribution in [0.1, 0.15) is 16.8 Å². The highest BCUT2D eigenvalue weighted by Crippen LogP contribution is 2.34. The van der Waals surface area contributed by atoms with E-state index in [9.17, 15) is 4.79 Å². The van der Waals surface area contributed by atoms with Gasteiger partial charge in [-0.2, -0.15) is 0 Å². The lowest BCUT2D eigenvalue weighted by molar-refractivity contribution is 0.112. The Bertz CT molecular complexity index is 855. The SMILES string of the molecule is COc1cc(OC)c2c(C=O)cn(CCCOc3ccccc3)c2c1. The molecule has 0 unspecified atom stereocenters. The van der Waals surface area contributed by atoms with Crippen LogP contribution in [0.15, 0.2) is 48.7 Å². The first-order valence-electron chi connectivity index (χ1n) is 8.14. The standard InChI is InChI=1S/C20H21NO4/c1-23-17-11-18-20(19(12-17)24-2)15(14-22)13-21(18)9-6-10-25-16-7-4-3-5-8-16/h3-5,7-8,11-14H,6,9-10H2,1-2H3. The zero-order valence-corrected chi connectivity index (χ0v) is 14.4. The quantitative estimate of drug-likeness (QED) is 0.461. The molecule has 0 radical (unpaired) electrons. The van der Waals surface area contributed by atoms with Gasteiger partial charge in [0.05, 0.1) is 31.7 Å². The molecule has 0 spiro atoms. The van der Waals surface area contributed by atoms with Crippen LogP contribution in [-0.4, -0.2) is 31.7 Å². The van der Waals surface area contributed by atoms with Crippen molar-refractivity contribution in [3.05, 3.63) is 54.2 Å². The van der Waals surface area contributed by atoms with Gasteiger partial charge in [0.2, 0.25) is 0 Å². The molecule has 0 aliphatic carbocycles. The molecule has 0 fully saturated rings. The number of methoxy groups -OCH3 is 2. The molecule has 0 aliphatic heterocycles. The number of para-hydroxylation sites is 1. The van der Waals surface area contributed by atoms with Crippen LogP contribution in [0, 0.1) is 0 Å². The van der Waals surface area contributed by atoms with Gasteiger partial charge in [-0.3, -0.25) is 4.79 Å². The van der Waals surface area contributed by atoms with Gasteiger partial charge in [0.25, 0.3) is 0 Å². The van der Waals surface area contributed by atoms with Crippen LogP contribution in [0.25, 0.3) is 10.9 Å². The first-order chi connectivity index (χ1) is 12.3. The van der Waals surface area contributed by atoms with Crippen molar-refractivity contribution in [2.24, 2.45) is 0 Å². The largest absolute Gasteiger partial charge is 0.497 e. The number of hydrogen-bond acceptors (Lipinski definition) is 4. The third-order valence-electron chi connectivity index (χ3n) is 4.09. The topological polar surface area (TPSA) is 49.7 Å². The molecule has 0 aliphatic rings. The van der Waals surface area contributed by atoms with Gasteiger partial charge in [-0.25, -0.2) is 0 Å². The summed E-state index contributed by atoms with van der Waals surface area (Å²) in [5.74, 6) is 2.19. The molecule has 3 aromatic rings. The monoisotopic (exact) mass is 339 g/mol. The van der Waals surface area contributed by atoms with Crippen LogP contribution in [0.3, 0.4) is 0 Å². The summed E-state index contributed by atoms with van der Waals surface area (Å²) in [4.78, 5) is 11.4. The first kappa shape index (κ1) is 16.9. The van der Waals surface area contributed by atoms with Gasteiger partial charge in [0.1, 0.15) is 17.2 Å². The Kier molecular flexibility index (Phi) is 5.23. The molecule has 25 heavy (non-hydrogen) atoms. The third kappa shape index (κ3) is 3.60. The van der Waals surface area contributed by atoms with Crippen molar-refractivity contribution < 1.29 is 19.0 Å². The van der Waals surface area contributed by atoms with Crippen LogP contribution in [0.5, 0.6) is 17.2 Å². The normalized spacial score (nSPS) is 10.6. The number of nitrogens with zero attached hydrogens (tertiary/aromatic N) is 1. The Morgan fingerprint density at radius 2 is 1.84 bits per heavy atom. The number of aromatic nitrogens is 1. The van der Waals surface area contributed by atoms with Crippen LogP contribution >= 0.6 is 0 Å². The van der Waals surface area contributed by atoms with Gasteiger partial charge < -0.3 is 18.8 Å². The summed E-state index contributed by atoms with van der Waals surface area (Å²) in [7, 11) is 3.20. The van der Waals surface area contributed by atoms with Crippen molar-refractivity contribution in [1.29, 1.82) is 0 Å². The van der Waals surface area contributed by atoms with Gasteiger partial charge in [-0.15, -0.1) is 0 Å². The molecule has 3 rings (SSSR count). The Labute approximate surface area is 146 Å². The van der Waals surface area contributed by atoms with E-state index in [4.69, 9.17) is 14.2 Å². The lowest BCUT2D eigenvalue weighted by Gasteiger charge is -2.10. The Morgan fingerprint density at radius 3 is 2.52 bits per heavy atom. The predicted octanol–water partition coefficient (Wildman–Crippen LogP) is 3.94. The van der Waals surface area contributed by atoms with Crippen LogP contribution in [0.2, 0.25) is 0 Å². The summed E-state index contributed by atoms with van der Waals surface area (Å²) in [5, 5.41) is 0.808. The zero-order chi connectivity index (χ0) is 17.6. The summed E-state index contributed by atoms with van der Waals surface area (Å²) >= 11 is 0. The minimum absolute atomic E-state index is 0.598. The molecule has 1 aromatic heterocycles. The fraction of sp³-hybridized carbons (Fsp3) is 0.250. The number of fused-ring (bicyclic) bond motifs is 1.